The van der Waals surface area contributed by atoms with Gasteiger partial charge in [0, 0.05) is 6.04 Å². The molecule has 1 nitrogen and oxygen atoms in total. The largest absolute Gasteiger partial charge is 0.327 e. The first-order chi connectivity index (χ1) is 8.16. The van der Waals surface area contributed by atoms with Crippen LogP contribution in [0, 0.1) is 17.8 Å². The zero-order chi connectivity index (χ0) is 12.3. The molecule has 0 radical (unpaired) electrons. The van der Waals surface area contributed by atoms with Crippen molar-refractivity contribution in [2.24, 2.45) is 23.5 Å². The van der Waals surface area contributed by atoms with Crippen molar-refractivity contribution in [1.82, 2.24) is 0 Å². The van der Waals surface area contributed by atoms with Gasteiger partial charge < -0.3 is 5.73 Å². The van der Waals surface area contributed by atoms with E-state index in [0.29, 0.717) is 12.0 Å². The van der Waals surface area contributed by atoms with Crippen molar-refractivity contribution in [3.05, 3.63) is 35.9 Å². The van der Waals surface area contributed by atoms with E-state index in [1.807, 2.05) is 0 Å². The Kier molecular flexibility index (Phi) is 4.22. The van der Waals surface area contributed by atoms with E-state index in [4.69, 9.17) is 5.73 Å². The molecule has 1 heteroatoms. The predicted molar refractivity (Wildman–Crippen MR) is 73.8 cm³/mol. The number of nitrogens with two attached hydrogens (primary N) is 1. The minimum absolute atomic E-state index is 0.408. The fraction of sp³-hybridized carbons (Fsp3) is 0.625. The molecule has 2 rings (SSSR count). The molecule has 0 amide bonds. The molecule has 1 saturated carbocycles. The molecule has 0 heterocycles. The third kappa shape index (κ3) is 3.32. The summed E-state index contributed by atoms with van der Waals surface area (Å²) < 4.78 is 0. The highest BCUT2D eigenvalue weighted by Gasteiger charge is 2.29. The first-order valence-corrected chi connectivity index (χ1v) is 6.96. The van der Waals surface area contributed by atoms with Crippen LogP contribution in [-0.4, -0.2) is 6.04 Å². The first kappa shape index (κ1) is 12.6. The van der Waals surface area contributed by atoms with Gasteiger partial charge in [0.2, 0.25) is 0 Å². The van der Waals surface area contributed by atoms with Gasteiger partial charge in [-0.15, -0.1) is 0 Å². The number of rotatable bonds is 3. The molecule has 17 heavy (non-hydrogen) atoms. The van der Waals surface area contributed by atoms with Crippen molar-refractivity contribution >= 4 is 0 Å². The van der Waals surface area contributed by atoms with Crippen LogP contribution in [0.4, 0.5) is 0 Å². The molecule has 1 aliphatic carbocycles. The lowest BCUT2D eigenvalue weighted by Crippen LogP contribution is -2.38. The summed E-state index contributed by atoms with van der Waals surface area (Å²) >= 11 is 0. The fourth-order valence-corrected chi connectivity index (χ4v) is 3.08. The highest BCUT2D eigenvalue weighted by molar-refractivity contribution is 5.15. The second-order valence-electron chi connectivity index (χ2n) is 5.93. The van der Waals surface area contributed by atoms with E-state index in [1.54, 1.807) is 0 Å². The Hall–Kier alpha value is -0.820. The highest BCUT2D eigenvalue weighted by atomic mass is 14.7. The first-order valence-electron chi connectivity index (χ1n) is 6.96. The molecular formula is C16H25N. The van der Waals surface area contributed by atoms with Gasteiger partial charge in [-0.3, -0.25) is 0 Å². The van der Waals surface area contributed by atoms with Crippen LogP contribution in [0.3, 0.4) is 0 Å². The molecular weight excluding hydrogens is 206 g/mol. The standard InChI is InChI=1S/C16H25N/c1-12(2)14-8-9-16(17)15(11-14)10-13-6-4-3-5-7-13/h3-7,12,14-16H,8-11,17H2,1-2H3/t14-,15-,16+/m0/s1. The van der Waals surface area contributed by atoms with Crippen LogP contribution in [-0.2, 0) is 6.42 Å². The van der Waals surface area contributed by atoms with Crippen LogP contribution in [0.25, 0.3) is 0 Å². The van der Waals surface area contributed by atoms with E-state index in [0.717, 1.165) is 18.3 Å². The minimum Gasteiger partial charge on any atom is -0.327 e. The van der Waals surface area contributed by atoms with Crippen LogP contribution < -0.4 is 5.73 Å². The van der Waals surface area contributed by atoms with Gasteiger partial charge in [-0.25, -0.2) is 0 Å². The Morgan fingerprint density at radius 1 is 1.18 bits per heavy atom. The zero-order valence-corrected chi connectivity index (χ0v) is 11.1. The van der Waals surface area contributed by atoms with Gasteiger partial charge in [0.1, 0.15) is 0 Å². The second-order valence-corrected chi connectivity index (χ2v) is 5.93. The highest BCUT2D eigenvalue weighted by Crippen LogP contribution is 2.34. The number of hydrogen-bond acceptors (Lipinski definition) is 1. The summed E-state index contributed by atoms with van der Waals surface area (Å²) in [6, 6.07) is 11.2. The lowest BCUT2D eigenvalue weighted by Gasteiger charge is -2.36. The monoisotopic (exact) mass is 231 g/mol. The summed E-state index contributed by atoms with van der Waals surface area (Å²) in [5.74, 6) is 2.36. The van der Waals surface area contributed by atoms with Gasteiger partial charge in [0.05, 0.1) is 0 Å². The van der Waals surface area contributed by atoms with Crippen molar-refractivity contribution in [2.45, 2.75) is 45.6 Å². The third-order valence-corrected chi connectivity index (χ3v) is 4.37. The molecule has 0 aliphatic heterocycles. The fourth-order valence-electron chi connectivity index (χ4n) is 3.08. The maximum Gasteiger partial charge on any atom is 0.00705 e. The Balaban J connectivity index is 1.99. The number of hydrogen-bond donors (Lipinski definition) is 1. The lowest BCUT2D eigenvalue weighted by molar-refractivity contribution is 0.189. The Morgan fingerprint density at radius 3 is 2.53 bits per heavy atom. The molecule has 1 aromatic rings. The van der Waals surface area contributed by atoms with E-state index >= 15 is 0 Å². The summed E-state index contributed by atoms with van der Waals surface area (Å²) in [7, 11) is 0. The maximum atomic E-state index is 6.29. The summed E-state index contributed by atoms with van der Waals surface area (Å²) in [6.45, 7) is 4.70. The summed E-state index contributed by atoms with van der Waals surface area (Å²) in [5, 5.41) is 0. The van der Waals surface area contributed by atoms with Crippen LogP contribution in [0.1, 0.15) is 38.7 Å². The zero-order valence-electron chi connectivity index (χ0n) is 11.1. The van der Waals surface area contributed by atoms with Gasteiger partial charge in [-0.1, -0.05) is 44.2 Å². The minimum atomic E-state index is 0.408. The lowest BCUT2D eigenvalue weighted by atomic mass is 9.72. The van der Waals surface area contributed by atoms with Gasteiger partial charge in [0.15, 0.2) is 0 Å². The van der Waals surface area contributed by atoms with Crippen molar-refractivity contribution in [3.63, 3.8) is 0 Å². The average molecular weight is 231 g/mol. The van der Waals surface area contributed by atoms with Gasteiger partial charge in [-0.05, 0) is 49.0 Å². The Bertz CT molecular complexity index is 331. The van der Waals surface area contributed by atoms with E-state index in [2.05, 4.69) is 44.2 Å². The molecule has 0 unspecified atom stereocenters. The van der Waals surface area contributed by atoms with Crippen molar-refractivity contribution in [1.29, 1.82) is 0 Å². The van der Waals surface area contributed by atoms with Crippen LogP contribution in [0.2, 0.25) is 0 Å². The summed E-state index contributed by atoms with van der Waals surface area (Å²) in [5.41, 5.74) is 7.73. The summed E-state index contributed by atoms with van der Waals surface area (Å²) in [4.78, 5) is 0. The van der Waals surface area contributed by atoms with Gasteiger partial charge >= 0.3 is 0 Å². The van der Waals surface area contributed by atoms with E-state index in [9.17, 15) is 0 Å². The summed E-state index contributed by atoms with van der Waals surface area (Å²) in [6.07, 6.45) is 5.00. The Morgan fingerprint density at radius 2 is 1.88 bits per heavy atom. The van der Waals surface area contributed by atoms with Crippen molar-refractivity contribution in [3.8, 4) is 0 Å². The Labute approximate surface area is 105 Å². The van der Waals surface area contributed by atoms with Crippen molar-refractivity contribution in [2.75, 3.05) is 0 Å². The average Bonchev–Trinajstić information content (AvgIpc) is 2.33. The van der Waals surface area contributed by atoms with Crippen LogP contribution in [0.5, 0.6) is 0 Å². The molecule has 2 N–H and O–H groups in total. The molecule has 0 spiro atoms. The molecule has 94 valence electrons. The van der Waals surface area contributed by atoms with Crippen molar-refractivity contribution < 1.29 is 0 Å². The topological polar surface area (TPSA) is 26.0 Å². The van der Waals surface area contributed by atoms with E-state index in [-0.39, 0.29) is 0 Å². The van der Waals surface area contributed by atoms with E-state index < -0.39 is 0 Å². The van der Waals surface area contributed by atoms with Crippen LogP contribution >= 0.6 is 0 Å². The molecule has 0 saturated heterocycles. The molecule has 1 fully saturated rings. The SMILES string of the molecule is CC(C)[C@H]1CC[C@@H](N)[C@@H](Cc2ccccc2)C1. The van der Waals surface area contributed by atoms with Crippen LogP contribution in [0.15, 0.2) is 30.3 Å². The quantitative estimate of drug-likeness (QED) is 0.844. The molecule has 0 bridgehead atoms. The molecule has 1 aliphatic rings. The van der Waals surface area contributed by atoms with E-state index in [1.165, 1.54) is 24.8 Å². The second kappa shape index (κ2) is 5.68. The molecule has 1 aromatic carbocycles. The number of benzene rings is 1. The molecule has 0 aromatic heterocycles. The predicted octanol–water partition coefficient (Wildman–Crippen LogP) is 3.63. The third-order valence-electron chi connectivity index (χ3n) is 4.37. The van der Waals surface area contributed by atoms with Gasteiger partial charge in [0.25, 0.3) is 0 Å². The molecule has 3 atom stereocenters. The smallest absolute Gasteiger partial charge is 0.00705 e. The maximum absolute atomic E-state index is 6.29. The van der Waals surface area contributed by atoms with Gasteiger partial charge in [-0.2, -0.15) is 0 Å². The normalized spacial score (nSPS) is 29.5.